The van der Waals surface area contributed by atoms with Crippen LogP contribution in [0, 0.1) is 10.1 Å². The summed E-state index contributed by atoms with van der Waals surface area (Å²) in [5.41, 5.74) is -0.381. The second-order valence-electron chi connectivity index (χ2n) is 4.91. The summed E-state index contributed by atoms with van der Waals surface area (Å²) in [6.07, 6.45) is 0.894. The Labute approximate surface area is 133 Å². The summed E-state index contributed by atoms with van der Waals surface area (Å²) >= 11 is 0. The Hall–Kier alpha value is -2.20. The van der Waals surface area contributed by atoms with Crippen molar-refractivity contribution >= 4 is 11.6 Å². The lowest BCUT2D eigenvalue weighted by molar-refractivity contribution is -0.387. The summed E-state index contributed by atoms with van der Waals surface area (Å²) in [6, 6.07) is 0. The average molecular weight is 327 g/mol. The average Bonchev–Trinajstić information content (AvgIpc) is 2.58. The molecule has 1 fully saturated rings. The van der Waals surface area contributed by atoms with Gasteiger partial charge in [-0.3, -0.25) is 15.0 Å². The number of hydrogen-bond donors (Lipinski definition) is 1. The Morgan fingerprint density at radius 1 is 1.26 bits per heavy atom. The third kappa shape index (κ3) is 4.63. The van der Waals surface area contributed by atoms with E-state index in [1.165, 1.54) is 14.2 Å². The van der Waals surface area contributed by atoms with Crippen molar-refractivity contribution in [1.29, 1.82) is 0 Å². The van der Waals surface area contributed by atoms with Crippen molar-refractivity contribution in [2.75, 3.05) is 58.9 Å². The van der Waals surface area contributed by atoms with Crippen LogP contribution in [0.3, 0.4) is 0 Å². The van der Waals surface area contributed by atoms with Gasteiger partial charge in [-0.15, -0.1) is 0 Å². The first-order valence-electron chi connectivity index (χ1n) is 7.34. The zero-order chi connectivity index (χ0) is 16.7. The maximum absolute atomic E-state index is 11.0. The molecule has 1 aliphatic heterocycles. The molecular formula is C13H21N5O5. The van der Waals surface area contributed by atoms with Gasteiger partial charge in [-0.1, -0.05) is 0 Å². The van der Waals surface area contributed by atoms with Gasteiger partial charge in [0.25, 0.3) is 0 Å². The van der Waals surface area contributed by atoms with Crippen molar-refractivity contribution in [2.45, 2.75) is 6.42 Å². The molecule has 128 valence electrons. The molecule has 1 N–H and O–H groups in total. The SMILES string of the molecule is COc1nc(NCCCN2CCOCC2)nc(OC)c1[N+](=O)[O-]. The van der Waals surface area contributed by atoms with Gasteiger partial charge >= 0.3 is 17.4 Å². The number of rotatable bonds is 8. The van der Waals surface area contributed by atoms with Crippen LogP contribution in [0.4, 0.5) is 11.6 Å². The van der Waals surface area contributed by atoms with Gasteiger partial charge in [-0.2, -0.15) is 9.97 Å². The predicted molar refractivity (Wildman–Crippen MR) is 82.2 cm³/mol. The summed E-state index contributed by atoms with van der Waals surface area (Å²) in [4.78, 5) is 20.7. The number of nitrogens with zero attached hydrogens (tertiary/aromatic N) is 4. The fraction of sp³-hybridized carbons (Fsp3) is 0.692. The van der Waals surface area contributed by atoms with Gasteiger partial charge < -0.3 is 19.5 Å². The molecule has 2 rings (SSSR count). The molecule has 1 aliphatic rings. The van der Waals surface area contributed by atoms with Crippen LogP contribution in [-0.2, 0) is 4.74 Å². The maximum Gasteiger partial charge on any atom is 0.392 e. The predicted octanol–water partition coefficient (Wildman–Crippen LogP) is 0.536. The molecule has 0 amide bonds. The number of morpholine rings is 1. The molecule has 0 atom stereocenters. The van der Waals surface area contributed by atoms with E-state index in [2.05, 4.69) is 20.2 Å². The molecule has 1 aromatic rings. The van der Waals surface area contributed by atoms with E-state index in [1.54, 1.807) is 0 Å². The Kier molecular flexibility index (Phi) is 6.29. The van der Waals surface area contributed by atoms with Crippen LogP contribution in [0.15, 0.2) is 0 Å². The van der Waals surface area contributed by atoms with Gasteiger partial charge in [0, 0.05) is 19.6 Å². The summed E-state index contributed by atoms with van der Waals surface area (Å²) in [7, 11) is 2.63. The van der Waals surface area contributed by atoms with Crippen molar-refractivity contribution in [3.05, 3.63) is 10.1 Å². The fourth-order valence-electron chi connectivity index (χ4n) is 2.26. The summed E-state index contributed by atoms with van der Waals surface area (Å²) in [6.45, 7) is 5.00. The van der Waals surface area contributed by atoms with Gasteiger partial charge in [0.1, 0.15) is 0 Å². The number of nitrogens with one attached hydrogen (secondary N) is 1. The summed E-state index contributed by atoms with van der Waals surface area (Å²) in [5.74, 6) is -0.0127. The first-order chi connectivity index (χ1) is 11.2. The monoisotopic (exact) mass is 327 g/mol. The molecule has 0 aliphatic carbocycles. The highest BCUT2D eigenvalue weighted by Gasteiger charge is 2.26. The lowest BCUT2D eigenvalue weighted by atomic mass is 10.3. The quantitative estimate of drug-likeness (QED) is 0.415. The molecular weight excluding hydrogens is 306 g/mol. The van der Waals surface area contributed by atoms with Gasteiger partial charge in [-0.05, 0) is 13.0 Å². The minimum Gasteiger partial charge on any atom is -0.476 e. The third-order valence-corrected chi connectivity index (χ3v) is 3.43. The second kappa shape index (κ2) is 8.44. The standard InChI is InChI=1S/C13H21N5O5/c1-21-11-10(18(19)20)12(22-2)16-13(15-11)14-4-3-5-17-6-8-23-9-7-17/h3-9H2,1-2H3,(H,14,15,16). The van der Waals surface area contributed by atoms with E-state index in [-0.39, 0.29) is 23.4 Å². The molecule has 0 spiro atoms. The first-order valence-corrected chi connectivity index (χ1v) is 7.34. The van der Waals surface area contributed by atoms with Crippen molar-refractivity contribution in [1.82, 2.24) is 14.9 Å². The molecule has 10 heteroatoms. The lowest BCUT2D eigenvalue weighted by Gasteiger charge is -2.26. The molecule has 10 nitrogen and oxygen atoms in total. The molecule has 0 saturated carbocycles. The molecule has 0 radical (unpaired) electrons. The van der Waals surface area contributed by atoms with Crippen LogP contribution in [0.2, 0.25) is 0 Å². The normalized spacial score (nSPS) is 15.2. The van der Waals surface area contributed by atoms with E-state index in [4.69, 9.17) is 14.2 Å². The van der Waals surface area contributed by atoms with E-state index in [0.717, 1.165) is 39.3 Å². The number of hydrogen-bond acceptors (Lipinski definition) is 9. The van der Waals surface area contributed by atoms with Crippen LogP contribution in [0.1, 0.15) is 6.42 Å². The fourth-order valence-corrected chi connectivity index (χ4v) is 2.26. The third-order valence-electron chi connectivity index (χ3n) is 3.43. The van der Waals surface area contributed by atoms with Crippen molar-refractivity contribution in [3.63, 3.8) is 0 Å². The number of methoxy groups -OCH3 is 2. The molecule has 0 unspecified atom stereocenters. The Balaban J connectivity index is 1.93. The Bertz CT molecular complexity index is 510. The number of aromatic nitrogens is 2. The van der Waals surface area contributed by atoms with E-state index in [9.17, 15) is 10.1 Å². The molecule has 0 bridgehead atoms. The van der Waals surface area contributed by atoms with Crippen LogP contribution in [0.5, 0.6) is 11.8 Å². The van der Waals surface area contributed by atoms with Crippen molar-refractivity contribution < 1.29 is 19.1 Å². The number of anilines is 1. The topological polar surface area (TPSA) is 112 Å². The van der Waals surface area contributed by atoms with Crippen LogP contribution in [0.25, 0.3) is 0 Å². The van der Waals surface area contributed by atoms with Crippen LogP contribution >= 0.6 is 0 Å². The highest BCUT2D eigenvalue weighted by atomic mass is 16.6. The van der Waals surface area contributed by atoms with Crippen molar-refractivity contribution in [2.24, 2.45) is 0 Å². The van der Waals surface area contributed by atoms with Crippen LogP contribution in [-0.4, -0.2) is 73.4 Å². The van der Waals surface area contributed by atoms with Crippen LogP contribution < -0.4 is 14.8 Å². The molecule has 0 aromatic carbocycles. The molecule has 1 saturated heterocycles. The zero-order valence-electron chi connectivity index (χ0n) is 13.3. The Morgan fingerprint density at radius 2 is 1.87 bits per heavy atom. The molecule has 23 heavy (non-hydrogen) atoms. The van der Waals surface area contributed by atoms with E-state index in [1.807, 2.05) is 0 Å². The van der Waals surface area contributed by atoms with E-state index in [0.29, 0.717) is 6.54 Å². The Morgan fingerprint density at radius 3 is 2.39 bits per heavy atom. The van der Waals surface area contributed by atoms with Gasteiger partial charge in [0.05, 0.1) is 32.4 Å². The molecule has 1 aromatic heterocycles. The van der Waals surface area contributed by atoms with Gasteiger partial charge in [0.2, 0.25) is 5.95 Å². The highest BCUT2D eigenvalue weighted by molar-refractivity contribution is 5.53. The maximum atomic E-state index is 11.0. The first kappa shape index (κ1) is 17.2. The summed E-state index contributed by atoms with van der Waals surface area (Å²) in [5, 5.41) is 14.1. The second-order valence-corrected chi connectivity index (χ2v) is 4.91. The smallest absolute Gasteiger partial charge is 0.392 e. The van der Waals surface area contributed by atoms with E-state index >= 15 is 0 Å². The minimum atomic E-state index is -0.625. The van der Waals surface area contributed by atoms with E-state index < -0.39 is 4.92 Å². The summed E-state index contributed by atoms with van der Waals surface area (Å²) < 4.78 is 15.2. The largest absolute Gasteiger partial charge is 0.476 e. The lowest BCUT2D eigenvalue weighted by Crippen LogP contribution is -2.37. The zero-order valence-corrected chi connectivity index (χ0v) is 13.3. The van der Waals surface area contributed by atoms with Gasteiger partial charge in [0.15, 0.2) is 0 Å². The number of nitro groups is 1. The molecule has 2 heterocycles. The minimum absolute atomic E-state index is 0.127. The highest BCUT2D eigenvalue weighted by Crippen LogP contribution is 2.34. The van der Waals surface area contributed by atoms with Gasteiger partial charge in [-0.25, -0.2) is 0 Å². The number of ether oxygens (including phenoxy) is 3. The van der Waals surface area contributed by atoms with Crippen molar-refractivity contribution in [3.8, 4) is 11.8 Å².